The van der Waals surface area contributed by atoms with Crippen molar-refractivity contribution in [1.29, 1.82) is 0 Å². The molecule has 1 saturated carbocycles. The largest absolute Gasteiger partial charge is 0.426 e. The second kappa shape index (κ2) is 6.68. The minimum Gasteiger partial charge on any atom is -0.426 e. The first-order valence-electron chi connectivity index (χ1n) is 11.1. The maximum Gasteiger partial charge on any atom is 0.324 e. The summed E-state index contributed by atoms with van der Waals surface area (Å²) in [5.74, 6) is 0.258. The van der Waals surface area contributed by atoms with Crippen LogP contribution in [0, 0.1) is 5.41 Å². The van der Waals surface area contributed by atoms with Gasteiger partial charge in [-0.25, -0.2) is 9.97 Å². The number of hydrogen-bond donors (Lipinski definition) is 0. The third-order valence-corrected chi connectivity index (χ3v) is 9.08. The van der Waals surface area contributed by atoms with Crippen molar-refractivity contribution in [3.05, 3.63) is 76.0 Å². The van der Waals surface area contributed by atoms with E-state index in [0.717, 1.165) is 22.9 Å². The first-order chi connectivity index (χ1) is 15.7. The summed E-state index contributed by atoms with van der Waals surface area (Å²) in [4.78, 5) is 23.9. The summed E-state index contributed by atoms with van der Waals surface area (Å²) in [6.07, 6.45) is 1.50. The Balaban J connectivity index is 1.51. The summed E-state index contributed by atoms with van der Waals surface area (Å²) < 4.78 is 6.07. The molecule has 166 valence electrons. The zero-order chi connectivity index (χ0) is 23.2. The summed E-state index contributed by atoms with van der Waals surface area (Å²) in [6, 6.07) is 17.2. The average Bonchev–Trinajstić information content (AvgIpc) is 3.08. The van der Waals surface area contributed by atoms with E-state index >= 15 is 0 Å². The van der Waals surface area contributed by atoms with E-state index < -0.39 is 10.8 Å². The fraction of sp³-hybridized carbons (Fsp3) is 0.296. The van der Waals surface area contributed by atoms with Crippen molar-refractivity contribution in [2.45, 2.75) is 44.4 Å². The van der Waals surface area contributed by atoms with Crippen LogP contribution in [0.2, 0.25) is 10.0 Å². The predicted molar refractivity (Wildman–Crippen MR) is 131 cm³/mol. The van der Waals surface area contributed by atoms with Gasteiger partial charge >= 0.3 is 5.97 Å². The summed E-state index contributed by atoms with van der Waals surface area (Å²) in [6.45, 7) is 6.45. The van der Waals surface area contributed by atoms with Crippen LogP contribution < -0.4 is 4.74 Å². The number of halogens is 2. The lowest BCUT2D eigenvalue weighted by Crippen LogP contribution is -2.48. The molecule has 2 aliphatic rings. The maximum absolute atomic E-state index is 14.0. The average molecular weight is 477 g/mol. The van der Waals surface area contributed by atoms with E-state index in [4.69, 9.17) is 37.9 Å². The summed E-state index contributed by atoms with van der Waals surface area (Å²) in [5.41, 5.74) is 1.26. The minimum absolute atomic E-state index is 0.279. The number of nitrogens with zero attached hydrogens (tertiary/aromatic N) is 2. The summed E-state index contributed by atoms with van der Waals surface area (Å²) in [5, 5.41) is 2.99. The first kappa shape index (κ1) is 20.9. The fourth-order valence-corrected chi connectivity index (χ4v) is 6.29. The molecule has 3 aromatic carbocycles. The number of esters is 1. The van der Waals surface area contributed by atoms with Crippen LogP contribution in [0.1, 0.15) is 45.0 Å². The molecule has 0 amide bonds. The molecule has 1 fully saturated rings. The van der Waals surface area contributed by atoms with Crippen molar-refractivity contribution in [3.8, 4) is 5.75 Å². The van der Waals surface area contributed by atoms with E-state index in [1.807, 2.05) is 42.5 Å². The molecule has 2 atom stereocenters. The van der Waals surface area contributed by atoms with Gasteiger partial charge in [-0.05, 0) is 53.3 Å². The van der Waals surface area contributed by atoms with E-state index in [2.05, 4.69) is 20.8 Å². The summed E-state index contributed by atoms with van der Waals surface area (Å²) in [7, 11) is 0. The minimum atomic E-state index is -0.893. The maximum atomic E-state index is 14.0. The molecule has 6 rings (SSSR count). The van der Waals surface area contributed by atoms with Crippen LogP contribution >= 0.6 is 23.2 Å². The Bertz CT molecular complexity index is 1500. The van der Waals surface area contributed by atoms with Gasteiger partial charge in [0.05, 0.1) is 32.5 Å². The van der Waals surface area contributed by atoms with Crippen LogP contribution in [0.15, 0.2) is 54.6 Å². The van der Waals surface area contributed by atoms with E-state index in [9.17, 15) is 4.79 Å². The van der Waals surface area contributed by atoms with Gasteiger partial charge in [0.15, 0.2) is 0 Å². The van der Waals surface area contributed by atoms with E-state index in [-0.39, 0.29) is 11.4 Å². The van der Waals surface area contributed by atoms with Gasteiger partial charge in [-0.3, -0.25) is 4.79 Å². The Hall–Kier alpha value is -2.69. The van der Waals surface area contributed by atoms with Gasteiger partial charge in [0, 0.05) is 5.41 Å². The van der Waals surface area contributed by atoms with Gasteiger partial charge in [0.2, 0.25) is 0 Å². The third kappa shape index (κ3) is 2.57. The molecule has 0 aliphatic heterocycles. The molecule has 4 nitrogen and oxygen atoms in total. The van der Waals surface area contributed by atoms with Crippen molar-refractivity contribution in [3.63, 3.8) is 0 Å². The topological polar surface area (TPSA) is 52.1 Å². The lowest BCUT2D eigenvalue weighted by Gasteiger charge is -2.38. The van der Waals surface area contributed by atoms with Crippen LogP contribution in [-0.4, -0.2) is 15.9 Å². The van der Waals surface area contributed by atoms with Gasteiger partial charge in [-0.2, -0.15) is 0 Å². The number of hydrogen-bond acceptors (Lipinski definition) is 4. The number of fused-ring (bicyclic) bond motifs is 7. The Morgan fingerprint density at radius 2 is 1.48 bits per heavy atom. The van der Waals surface area contributed by atoms with Crippen LogP contribution in [0.25, 0.3) is 21.8 Å². The molecule has 6 heteroatoms. The van der Waals surface area contributed by atoms with Crippen molar-refractivity contribution < 1.29 is 9.53 Å². The molecule has 0 N–H and O–H groups in total. The van der Waals surface area contributed by atoms with Gasteiger partial charge in [-0.1, -0.05) is 74.3 Å². The number of ether oxygens (including phenoxy) is 1. The zero-order valence-electron chi connectivity index (χ0n) is 18.6. The number of aromatic nitrogens is 2. The van der Waals surface area contributed by atoms with E-state index in [1.165, 1.54) is 0 Å². The van der Waals surface area contributed by atoms with E-state index in [0.29, 0.717) is 38.9 Å². The monoisotopic (exact) mass is 476 g/mol. The SMILES string of the molecule is CC12CCC(C(=O)Oc3ccc4ccccc4c3)(c3nc4cc(Cl)c(Cl)cc4nc31)C2(C)C. The second-order valence-electron chi connectivity index (χ2n) is 9.94. The Morgan fingerprint density at radius 3 is 2.18 bits per heavy atom. The molecular formula is C27H22Cl2N2O2. The molecule has 33 heavy (non-hydrogen) atoms. The highest BCUT2D eigenvalue weighted by Gasteiger charge is 2.74. The Morgan fingerprint density at radius 1 is 0.848 bits per heavy atom. The normalized spacial score (nSPS) is 24.9. The molecule has 2 bridgehead atoms. The molecule has 2 unspecified atom stereocenters. The molecule has 0 radical (unpaired) electrons. The number of carbonyl (C=O) groups excluding carboxylic acids is 1. The van der Waals surface area contributed by atoms with Gasteiger partial charge < -0.3 is 4.74 Å². The van der Waals surface area contributed by atoms with Crippen LogP contribution in [0.4, 0.5) is 0 Å². The lowest BCUT2D eigenvalue weighted by molar-refractivity contribution is -0.145. The fourth-order valence-electron chi connectivity index (χ4n) is 5.98. The molecule has 0 spiro atoms. The first-order valence-corrected chi connectivity index (χ1v) is 11.8. The van der Waals surface area contributed by atoms with E-state index in [1.54, 1.807) is 12.1 Å². The lowest BCUT2D eigenvalue weighted by atomic mass is 9.64. The van der Waals surface area contributed by atoms with Gasteiger partial charge in [0.25, 0.3) is 0 Å². The molecule has 4 aromatic rings. The molecule has 1 aromatic heterocycles. The van der Waals surface area contributed by atoms with Crippen LogP contribution in [-0.2, 0) is 15.6 Å². The summed E-state index contributed by atoms with van der Waals surface area (Å²) >= 11 is 12.5. The number of carbonyl (C=O) groups is 1. The Kier molecular flexibility index (Phi) is 4.23. The second-order valence-corrected chi connectivity index (χ2v) is 10.8. The predicted octanol–water partition coefficient (Wildman–Crippen LogP) is 7.02. The number of benzene rings is 3. The molecule has 1 heterocycles. The number of rotatable bonds is 2. The zero-order valence-corrected chi connectivity index (χ0v) is 20.1. The van der Waals surface area contributed by atoms with Crippen molar-refractivity contribution in [2.75, 3.05) is 0 Å². The van der Waals surface area contributed by atoms with Crippen molar-refractivity contribution >= 4 is 51.0 Å². The molecule has 2 aliphatic carbocycles. The van der Waals surface area contributed by atoms with Crippen molar-refractivity contribution in [2.24, 2.45) is 5.41 Å². The molecular weight excluding hydrogens is 455 g/mol. The third-order valence-electron chi connectivity index (χ3n) is 8.36. The highest BCUT2D eigenvalue weighted by atomic mass is 35.5. The van der Waals surface area contributed by atoms with Crippen LogP contribution in [0.3, 0.4) is 0 Å². The highest BCUT2D eigenvalue weighted by molar-refractivity contribution is 6.42. The molecule has 0 saturated heterocycles. The smallest absolute Gasteiger partial charge is 0.324 e. The van der Waals surface area contributed by atoms with Crippen molar-refractivity contribution in [1.82, 2.24) is 9.97 Å². The van der Waals surface area contributed by atoms with Crippen LogP contribution in [0.5, 0.6) is 5.75 Å². The standard InChI is InChI=1S/C27H22Cl2N2O2/c1-25(2)26(3)10-11-27(25,23-22(26)30-20-13-18(28)19(29)14-21(20)31-23)24(32)33-17-9-8-15-6-4-5-7-16(15)12-17/h4-9,12-14H,10-11H2,1-3H3. The quantitative estimate of drug-likeness (QED) is 0.230. The Labute approximate surface area is 201 Å². The van der Waals surface area contributed by atoms with Gasteiger partial charge in [-0.15, -0.1) is 0 Å². The van der Waals surface area contributed by atoms with Gasteiger partial charge in [0.1, 0.15) is 11.2 Å². The highest BCUT2D eigenvalue weighted by Crippen LogP contribution is 2.70.